The molecule has 4 rings (SSSR count). The van der Waals surface area contributed by atoms with Crippen molar-refractivity contribution in [2.75, 3.05) is 6.54 Å². The first-order chi connectivity index (χ1) is 9.15. The molecule has 3 heteroatoms. The van der Waals surface area contributed by atoms with Gasteiger partial charge in [-0.15, -0.1) is 0 Å². The van der Waals surface area contributed by atoms with Crippen LogP contribution in [0.5, 0.6) is 0 Å². The van der Waals surface area contributed by atoms with Crippen molar-refractivity contribution in [2.45, 2.75) is 57.9 Å². The first kappa shape index (κ1) is 13.4. The van der Waals surface area contributed by atoms with E-state index in [9.17, 15) is 4.79 Å². The molecular formula is C16H28N2O. The van der Waals surface area contributed by atoms with Crippen molar-refractivity contribution in [2.24, 2.45) is 35.3 Å². The van der Waals surface area contributed by atoms with Crippen LogP contribution in [0, 0.1) is 29.6 Å². The molecule has 3 nitrogen and oxygen atoms in total. The van der Waals surface area contributed by atoms with Gasteiger partial charge in [0.25, 0.3) is 0 Å². The predicted molar refractivity (Wildman–Crippen MR) is 76.4 cm³/mol. The molecule has 0 aromatic rings. The van der Waals surface area contributed by atoms with E-state index in [1.54, 1.807) is 0 Å². The lowest BCUT2D eigenvalue weighted by Crippen LogP contribution is -2.55. The van der Waals surface area contributed by atoms with Crippen molar-refractivity contribution in [1.82, 2.24) is 5.32 Å². The second kappa shape index (κ2) is 5.43. The monoisotopic (exact) mass is 264 g/mol. The van der Waals surface area contributed by atoms with Gasteiger partial charge in [-0.25, -0.2) is 0 Å². The van der Waals surface area contributed by atoms with Gasteiger partial charge in [-0.05, 0) is 74.7 Å². The maximum absolute atomic E-state index is 12.1. The van der Waals surface area contributed by atoms with Gasteiger partial charge in [-0.2, -0.15) is 0 Å². The van der Waals surface area contributed by atoms with Crippen LogP contribution in [0.25, 0.3) is 0 Å². The van der Waals surface area contributed by atoms with Crippen LogP contribution >= 0.6 is 0 Å². The van der Waals surface area contributed by atoms with Gasteiger partial charge in [0.05, 0.1) is 0 Å². The van der Waals surface area contributed by atoms with Gasteiger partial charge in [-0.1, -0.05) is 6.92 Å². The molecule has 4 aliphatic rings. The van der Waals surface area contributed by atoms with Gasteiger partial charge >= 0.3 is 0 Å². The first-order valence-electron chi connectivity index (χ1n) is 8.15. The van der Waals surface area contributed by atoms with Gasteiger partial charge in [0.1, 0.15) is 0 Å². The van der Waals surface area contributed by atoms with Crippen molar-refractivity contribution in [3.8, 4) is 0 Å². The molecule has 19 heavy (non-hydrogen) atoms. The summed E-state index contributed by atoms with van der Waals surface area (Å²) in [6.07, 6.45) is 8.54. The van der Waals surface area contributed by atoms with Crippen molar-refractivity contribution >= 4 is 5.91 Å². The van der Waals surface area contributed by atoms with Crippen LogP contribution in [0.15, 0.2) is 0 Å². The smallest absolute Gasteiger partial charge is 0.220 e. The number of carbonyl (C=O) groups is 1. The van der Waals surface area contributed by atoms with Gasteiger partial charge in [0, 0.05) is 12.5 Å². The molecule has 0 heterocycles. The van der Waals surface area contributed by atoms with Crippen LogP contribution in [0.3, 0.4) is 0 Å². The van der Waals surface area contributed by atoms with Crippen LogP contribution in [-0.4, -0.2) is 18.5 Å². The summed E-state index contributed by atoms with van der Waals surface area (Å²) in [6.45, 7) is 2.81. The molecule has 4 bridgehead atoms. The lowest BCUT2D eigenvalue weighted by Gasteiger charge is -2.54. The average Bonchev–Trinajstić information content (AvgIpc) is 2.39. The molecule has 4 aliphatic carbocycles. The SMILES string of the molecule is CC(CN)CCC(=O)NC1C2CC3CC(C2)CC1C3. The fraction of sp³-hybridized carbons (Fsp3) is 0.938. The number of hydrogen-bond donors (Lipinski definition) is 2. The van der Waals surface area contributed by atoms with Gasteiger partial charge < -0.3 is 11.1 Å². The molecule has 0 saturated heterocycles. The highest BCUT2D eigenvalue weighted by atomic mass is 16.1. The van der Waals surface area contributed by atoms with E-state index in [1.165, 1.54) is 32.1 Å². The van der Waals surface area contributed by atoms with E-state index in [0.717, 1.165) is 30.1 Å². The number of nitrogens with two attached hydrogens (primary N) is 1. The zero-order valence-corrected chi connectivity index (χ0v) is 12.1. The van der Waals surface area contributed by atoms with E-state index in [1.807, 2.05) is 0 Å². The second-order valence-electron chi connectivity index (χ2n) is 7.40. The molecule has 3 N–H and O–H groups in total. The molecule has 0 spiro atoms. The Morgan fingerprint density at radius 2 is 1.74 bits per heavy atom. The summed E-state index contributed by atoms with van der Waals surface area (Å²) >= 11 is 0. The molecule has 4 fully saturated rings. The Labute approximate surface area is 116 Å². The van der Waals surface area contributed by atoms with Crippen LogP contribution in [-0.2, 0) is 4.79 Å². The zero-order valence-electron chi connectivity index (χ0n) is 12.1. The van der Waals surface area contributed by atoms with Crippen molar-refractivity contribution < 1.29 is 4.79 Å². The largest absolute Gasteiger partial charge is 0.353 e. The molecule has 0 radical (unpaired) electrons. The Bertz CT molecular complexity index is 314. The molecule has 0 aliphatic heterocycles. The standard InChI is InChI=1S/C16H28N2O/c1-10(9-17)2-3-15(19)18-16-13-5-11-4-12(7-13)8-14(16)6-11/h10-14,16H,2-9,17H2,1H3,(H,18,19). The quantitative estimate of drug-likeness (QED) is 0.800. The van der Waals surface area contributed by atoms with Gasteiger partial charge in [0.15, 0.2) is 0 Å². The minimum atomic E-state index is 0.262. The van der Waals surface area contributed by atoms with E-state index in [2.05, 4.69) is 12.2 Å². The Morgan fingerprint density at radius 1 is 1.16 bits per heavy atom. The Hall–Kier alpha value is -0.570. The molecule has 0 aromatic heterocycles. The lowest BCUT2D eigenvalue weighted by molar-refractivity contribution is -0.125. The fourth-order valence-electron chi connectivity index (χ4n) is 4.91. The summed E-state index contributed by atoms with van der Waals surface area (Å²) in [5.41, 5.74) is 5.61. The maximum Gasteiger partial charge on any atom is 0.220 e. The summed E-state index contributed by atoms with van der Waals surface area (Å²) < 4.78 is 0. The summed E-state index contributed by atoms with van der Waals surface area (Å²) in [7, 11) is 0. The van der Waals surface area contributed by atoms with E-state index in [4.69, 9.17) is 5.73 Å². The number of rotatable bonds is 5. The topological polar surface area (TPSA) is 55.1 Å². The van der Waals surface area contributed by atoms with E-state index < -0.39 is 0 Å². The minimum absolute atomic E-state index is 0.262. The second-order valence-corrected chi connectivity index (χ2v) is 7.40. The van der Waals surface area contributed by atoms with Crippen LogP contribution in [0.1, 0.15) is 51.9 Å². The molecular weight excluding hydrogens is 236 g/mol. The molecule has 1 atom stereocenters. The maximum atomic E-state index is 12.1. The average molecular weight is 264 g/mol. The van der Waals surface area contributed by atoms with Gasteiger partial charge in [0.2, 0.25) is 5.91 Å². The van der Waals surface area contributed by atoms with Crippen LogP contribution in [0.4, 0.5) is 0 Å². The Kier molecular flexibility index (Phi) is 3.84. The molecule has 4 saturated carbocycles. The number of nitrogens with one attached hydrogen (secondary N) is 1. The Balaban J connectivity index is 1.51. The Morgan fingerprint density at radius 3 is 2.26 bits per heavy atom. The number of hydrogen-bond acceptors (Lipinski definition) is 2. The normalized spacial score (nSPS) is 41.3. The third-order valence-electron chi connectivity index (χ3n) is 5.82. The van der Waals surface area contributed by atoms with E-state index in [0.29, 0.717) is 24.9 Å². The third kappa shape index (κ3) is 2.81. The van der Waals surface area contributed by atoms with Gasteiger partial charge in [-0.3, -0.25) is 4.79 Å². The molecule has 1 amide bonds. The lowest BCUT2D eigenvalue weighted by atomic mass is 9.54. The number of amides is 1. The highest BCUT2D eigenvalue weighted by Gasteiger charge is 2.48. The third-order valence-corrected chi connectivity index (χ3v) is 5.82. The predicted octanol–water partition coefficient (Wildman–Crippen LogP) is 2.30. The van der Waals surface area contributed by atoms with Crippen molar-refractivity contribution in [3.63, 3.8) is 0 Å². The first-order valence-corrected chi connectivity index (χ1v) is 8.15. The van der Waals surface area contributed by atoms with E-state index in [-0.39, 0.29) is 5.91 Å². The summed E-state index contributed by atoms with van der Waals surface area (Å²) in [5, 5.41) is 3.36. The van der Waals surface area contributed by atoms with Crippen LogP contribution in [0.2, 0.25) is 0 Å². The molecule has 108 valence electrons. The molecule has 1 unspecified atom stereocenters. The molecule has 0 aromatic carbocycles. The van der Waals surface area contributed by atoms with Crippen molar-refractivity contribution in [3.05, 3.63) is 0 Å². The van der Waals surface area contributed by atoms with Crippen molar-refractivity contribution in [1.29, 1.82) is 0 Å². The highest BCUT2D eigenvalue weighted by Crippen LogP contribution is 2.53. The highest BCUT2D eigenvalue weighted by molar-refractivity contribution is 5.76. The summed E-state index contributed by atoms with van der Waals surface area (Å²) in [5.74, 6) is 4.25. The number of carbonyl (C=O) groups excluding carboxylic acids is 1. The van der Waals surface area contributed by atoms with E-state index >= 15 is 0 Å². The zero-order chi connectivity index (χ0) is 13.4. The van der Waals surface area contributed by atoms with Crippen LogP contribution < -0.4 is 11.1 Å². The summed E-state index contributed by atoms with van der Waals surface area (Å²) in [4.78, 5) is 12.1. The summed E-state index contributed by atoms with van der Waals surface area (Å²) in [6, 6.07) is 0.494. The minimum Gasteiger partial charge on any atom is -0.353 e. The fourth-order valence-corrected chi connectivity index (χ4v) is 4.91.